The van der Waals surface area contributed by atoms with Gasteiger partial charge in [0.15, 0.2) is 5.13 Å². The van der Waals surface area contributed by atoms with Crippen molar-refractivity contribution in [1.29, 1.82) is 0 Å². The summed E-state index contributed by atoms with van der Waals surface area (Å²) in [4.78, 5) is 29.4. The molecule has 2 aromatic carbocycles. The van der Waals surface area contributed by atoms with Crippen LogP contribution in [0.1, 0.15) is 26.4 Å². The van der Waals surface area contributed by atoms with Crippen LogP contribution in [0, 0.1) is 6.92 Å². The molecule has 0 spiro atoms. The van der Waals surface area contributed by atoms with Crippen LogP contribution >= 0.6 is 22.9 Å². The van der Waals surface area contributed by atoms with Gasteiger partial charge in [0.05, 0.1) is 17.1 Å². The standard InChI is InChI=1S/C20H18ClN3O2S/c1-13-5-4-6-14(9-13)10-15-11-23-20(27-15)24-18(25)12-22-19(26)16-7-2-3-8-17(16)21/h2-9,11H,10,12H2,1H3,(H,22,26)(H,23,24,25). The Balaban J connectivity index is 1.52. The van der Waals surface area contributed by atoms with Crippen LogP contribution in [-0.2, 0) is 11.2 Å². The van der Waals surface area contributed by atoms with Gasteiger partial charge < -0.3 is 10.6 Å². The maximum Gasteiger partial charge on any atom is 0.253 e. The fourth-order valence-electron chi connectivity index (χ4n) is 2.53. The Morgan fingerprint density at radius 1 is 1.15 bits per heavy atom. The Morgan fingerprint density at radius 3 is 2.74 bits per heavy atom. The summed E-state index contributed by atoms with van der Waals surface area (Å²) in [5.74, 6) is -0.734. The predicted octanol–water partition coefficient (Wildman–Crippen LogP) is 4.06. The minimum atomic E-state index is -0.393. The highest BCUT2D eigenvalue weighted by atomic mass is 35.5. The summed E-state index contributed by atoms with van der Waals surface area (Å²) >= 11 is 7.39. The lowest BCUT2D eigenvalue weighted by molar-refractivity contribution is -0.115. The van der Waals surface area contributed by atoms with Crippen molar-refractivity contribution in [3.05, 3.63) is 81.3 Å². The summed E-state index contributed by atoms with van der Waals surface area (Å²) < 4.78 is 0. The molecule has 1 aromatic heterocycles. The number of aryl methyl sites for hydroxylation is 1. The summed E-state index contributed by atoms with van der Waals surface area (Å²) in [6, 6.07) is 15.0. The summed E-state index contributed by atoms with van der Waals surface area (Å²) in [6.45, 7) is 1.90. The van der Waals surface area contributed by atoms with E-state index in [9.17, 15) is 9.59 Å². The number of hydrogen-bond acceptors (Lipinski definition) is 4. The second-order valence-electron chi connectivity index (χ2n) is 6.01. The lowest BCUT2D eigenvalue weighted by Gasteiger charge is -2.06. The van der Waals surface area contributed by atoms with Crippen molar-refractivity contribution >= 4 is 39.9 Å². The van der Waals surface area contributed by atoms with Crippen LogP contribution in [0.4, 0.5) is 5.13 Å². The van der Waals surface area contributed by atoms with Gasteiger partial charge in [-0.05, 0) is 24.6 Å². The van der Waals surface area contributed by atoms with E-state index in [2.05, 4.69) is 40.7 Å². The maximum absolute atomic E-state index is 12.1. The van der Waals surface area contributed by atoms with E-state index >= 15 is 0 Å². The number of amides is 2. The van der Waals surface area contributed by atoms with Gasteiger partial charge >= 0.3 is 0 Å². The Bertz CT molecular complexity index is 971. The molecule has 0 fully saturated rings. The van der Waals surface area contributed by atoms with Crippen LogP contribution in [-0.4, -0.2) is 23.3 Å². The number of thiazole rings is 1. The molecule has 7 heteroatoms. The molecule has 0 atom stereocenters. The second-order valence-corrected chi connectivity index (χ2v) is 7.53. The molecule has 27 heavy (non-hydrogen) atoms. The Morgan fingerprint density at radius 2 is 1.96 bits per heavy atom. The van der Waals surface area contributed by atoms with Crippen LogP contribution < -0.4 is 10.6 Å². The smallest absolute Gasteiger partial charge is 0.253 e. The third-order valence-electron chi connectivity index (χ3n) is 3.79. The van der Waals surface area contributed by atoms with Crippen molar-refractivity contribution in [2.24, 2.45) is 0 Å². The topological polar surface area (TPSA) is 71.1 Å². The van der Waals surface area contributed by atoms with Gasteiger partial charge in [0.2, 0.25) is 5.91 Å². The monoisotopic (exact) mass is 399 g/mol. The largest absolute Gasteiger partial charge is 0.343 e. The normalized spacial score (nSPS) is 10.4. The van der Waals surface area contributed by atoms with E-state index < -0.39 is 5.91 Å². The molecule has 3 aromatic rings. The molecule has 1 heterocycles. The van der Waals surface area contributed by atoms with E-state index in [1.165, 1.54) is 22.5 Å². The van der Waals surface area contributed by atoms with Crippen LogP contribution in [0.15, 0.2) is 54.7 Å². The van der Waals surface area contributed by atoms with Crippen molar-refractivity contribution < 1.29 is 9.59 Å². The summed E-state index contributed by atoms with van der Waals surface area (Å²) in [7, 11) is 0. The highest BCUT2D eigenvalue weighted by Gasteiger charge is 2.12. The van der Waals surface area contributed by atoms with Crippen LogP contribution in [0.2, 0.25) is 5.02 Å². The van der Waals surface area contributed by atoms with Crippen LogP contribution in [0.3, 0.4) is 0 Å². The molecule has 0 bridgehead atoms. The molecule has 0 saturated carbocycles. The molecule has 0 saturated heterocycles. The number of nitrogens with one attached hydrogen (secondary N) is 2. The van der Waals surface area contributed by atoms with Gasteiger partial charge in [-0.3, -0.25) is 9.59 Å². The number of carbonyl (C=O) groups is 2. The van der Waals surface area contributed by atoms with Gasteiger partial charge in [0, 0.05) is 17.5 Å². The number of benzene rings is 2. The minimum absolute atomic E-state index is 0.156. The molecule has 0 aliphatic carbocycles. The molecular formula is C20H18ClN3O2S. The third-order valence-corrected chi connectivity index (χ3v) is 5.03. The summed E-state index contributed by atoms with van der Waals surface area (Å²) in [5, 5.41) is 6.11. The first kappa shape index (κ1) is 19.1. The van der Waals surface area contributed by atoms with Crippen molar-refractivity contribution in [3.8, 4) is 0 Å². The average Bonchev–Trinajstić information content (AvgIpc) is 3.07. The predicted molar refractivity (Wildman–Crippen MR) is 109 cm³/mol. The molecule has 0 radical (unpaired) electrons. The van der Waals surface area contributed by atoms with E-state index in [0.29, 0.717) is 15.7 Å². The first-order chi connectivity index (χ1) is 13.0. The quantitative estimate of drug-likeness (QED) is 0.656. The molecule has 5 nitrogen and oxygen atoms in total. The molecule has 0 aliphatic heterocycles. The van der Waals surface area contributed by atoms with Crippen molar-refractivity contribution in [2.75, 3.05) is 11.9 Å². The SMILES string of the molecule is Cc1cccc(Cc2cnc(NC(=O)CNC(=O)c3ccccc3Cl)s2)c1. The van der Waals surface area contributed by atoms with Gasteiger partial charge in [-0.2, -0.15) is 0 Å². The van der Waals surface area contributed by atoms with Gasteiger partial charge in [0.25, 0.3) is 5.91 Å². The van der Waals surface area contributed by atoms with Crippen molar-refractivity contribution in [3.63, 3.8) is 0 Å². The zero-order valence-corrected chi connectivity index (χ0v) is 16.2. The zero-order chi connectivity index (χ0) is 19.2. The van der Waals surface area contributed by atoms with Gasteiger partial charge in [-0.25, -0.2) is 4.98 Å². The molecule has 138 valence electrons. The number of nitrogens with zero attached hydrogens (tertiary/aromatic N) is 1. The fraction of sp³-hybridized carbons (Fsp3) is 0.150. The maximum atomic E-state index is 12.1. The molecule has 3 rings (SSSR count). The van der Waals surface area contributed by atoms with Crippen LogP contribution in [0.25, 0.3) is 0 Å². The van der Waals surface area contributed by atoms with Crippen molar-refractivity contribution in [1.82, 2.24) is 10.3 Å². The number of aromatic nitrogens is 1. The van der Waals surface area contributed by atoms with E-state index in [1.54, 1.807) is 30.5 Å². The average molecular weight is 400 g/mol. The molecule has 0 aliphatic rings. The summed E-state index contributed by atoms with van der Waals surface area (Å²) in [6.07, 6.45) is 2.52. The van der Waals surface area contributed by atoms with E-state index in [4.69, 9.17) is 11.6 Å². The molecule has 0 unspecified atom stereocenters. The van der Waals surface area contributed by atoms with E-state index in [-0.39, 0.29) is 12.5 Å². The Labute approximate surface area is 166 Å². The highest BCUT2D eigenvalue weighted by Crippen LogP contribution is 2.21. The molecule has 2 N–H and O–H groups in total. The Kier molecular flexibility index (Phi) is 6.21. The lowest BCUT2D eigenvalue weighted by atomic mass is 10.1. The Hall–Kier alpha value is -2.70. The van der Waals surface area contributed by atoms with E-state index in [1.807, 2.05) is 6.07 Å². The minimum Gasteiger partial charge on any atom is -0.343 e. The second kappa shape index (κ2) is 8.79. The molecular weight excluding hydrogens is 382 g/mol. The number of hydrogen-bond donors (Lipinski definition) is 2. The summed E-state index contributed by atoms with van der Waals surface area (Å²) in [5.41, 5.74) is 2.74. The zero-order valence-electron chi connectivity index (χ0n) is 14.7. The van der Waals surface area contributed by atoms with Crippen molar-refractivity contribution in [2.45, 2.75) is 13.3 Å². The lowest BCUT2D eigenvalue weighted by Crippen LogP contribution is -2.32. The number of anilines is 1. The highest BCUT2D eigenvalue weighted by molar-refractivity contribution is 7.15. The van der Waals surface area contributed by atoms with E-state index in [0.717, 1.165) is 11.3 Å². The number of carbonyl (C=O) groups excluding carboxylic acids is 2. The van der Waals surface area contributed by atoms with Gasteiger partial charge in [-0.15, -0.1) is 11.3 Å². The molecule has 2 amide bonds. The fourth-order valence-corrected chi connectivity index (χ4v) is 3.62. The van der Waals surface area contributed by atoms with Gasteiger partial charge in [-0.1, -0.05) is 53.6 Å². The first-order valence-corrected chi connectivity index (χ1v) is 9.53. The first-order valence-electron chi connectivity index (χ1n) is 8.34. The van der Waals surface area contributed by atoms with Gasteiger partial charge in [0.1, 0.15) is 0 Å². The third kappa shape index (κ3) is 5.39. The number of halogens is 1. The number of rotatable bonds is 6. The van der Waals surface area contributed by atoms with Crippen LogP contribution in [0.5, 0.6) is 0 Å².